The Morgan fingerprint density at radius 1 is 1.26 bits per heavy atom. The van der Waals surface area contributed by atoms with Gasteiger partial charge < -0.3 is 4.74 Å². The molecule has 0 atom stereocenters. The van der Waals surface area contributed by atoms with Gasteiger partial charge in [-0.05, 0) is 31.0 Å². The average Bonchev–Trinajstić information content (AvgIpc) is 3.19. The van der Waals surface area contributed by atoms with Gasteiger partial charge in [0.05, 0.1) is 40.0 Å². The number of halogens is 1. The minimum absolute atomic E-state index is 0.0814. The van der Waals surface area contributed by atoms with Crippen molar-refractivity contribution in [2.45, 2.75) is 31.2 Å². The quantitative estimate of drug-likeness (QED) is 0.312. The fourth-order valence-electron chi connectivity index (χ4n) is 2.95. The van der Waals surface area contributed by atoms with Gasteiger partial charge in [0.15, 0.2) is 0 Å². The monoisotopic (exact) mass is 481 g/mol. The lowest BCUT2D eigenvalue weighted by atomic mass is 10.3. The number of benzene rings is 2. The number of thiazole rings is 1. The van der Waals surface area contributed by atoms with E-state index in [0.29, 0.717) is 11.4 Å². The molecule has 0 bridgehead atoms. The van der Waals surface area contributed by atoms with Crippen LogP contribution in [0.4, 0.5) is 11.4 Å². The molecule has 1 heterocycles. The number of nitrogens with zero attached hydrogens (tertiary/aromatic N) is 3. The van der Waals surface area contributed by atoms with Crippen molar-refractivity contribution >= 4 is 44.3 Å². The molecule has 0 aliphatic carbocycles. The molecule has 3 aromatic rings. The van der Waals surface area contributed by atoms with Gasteiger partial charge in [0.25, 0.3) is 15.7 Å². The molecule has 2 aromatic carbocycles. The van der Waals surface area contributed by atoms with E-state index < -0.39 is 14.9 Å². The molecule has 1 aromatic heterocycles. The third-order valence-corrected chi connectivity index (χ3v) is 7.61. The third-order valence-electron chi connectivity index (χ3n) is 4.42. The van der Waals surface area contributed by atoms with Crippen LogP contribution in [0.2, 0.25) is 5.02 Å². The van der Waals surface area contributed by atoms with E-state index in [1.807, 2.05) is 6.92 Å². The fourth-order valence-corrected chi connectivity index (χ4v) is 5.79. The summed E-state index contributed by atoms with van der Waals surface area (Å²) < 4.78 is 33.8. The van der Waals surface area contributed by atoms with E-state index in [-0.39, 0.29) is 27.8 Å². The summed E-state index contributed by atoms with van der Waals surface area (Å²) in [6.07, 6.45) is 1.72. The van der Waals surface area contributed by atoms with Crippen LogP contribution < -0.4 is 9.04 Å². The molecule has 0 aliphatic heterocycles. The molecule has 0 aliphatic rings. The Hall–Kier alpha value is -2.69. The summed E-state index contributed by atoms with van der Waals surface area (Å²) in [7, 11) is -2.86. The second-order valence-electron chi connectivity index (χ2n) is 6.54. The van der Waals surface area contributed by atoms with Crippen LogP contribution >= 0.6 is 22.9 Å². The van der Waals surface area contributed by atoms with Gasteiger partial charge in [-0.15, -0.1) is 11.3 Å². The first-order valence-corrected chi connectivity index (χ1v) is 12.0. The SMILES string of the molecule is CCCc1nc(CN(c2ccccc2OC)S(=O)(=O)c2cc([N+](=O)[O-])ccc2Cl)cs1. The van der Waals surface area contributed by atoms with Gasteiger partial charge in [-0.2, -0.15) is 0 Å². The molecule has 0 saturated carbocycles. The predicted octanol–water partition coefficient (Wildman–Crippen LogP) is 5.06. The summed E-state index contributed by atoms with van der Waals surface area (Å²) in [5.41, 5.74) is 0.462. The fraction of sp³-hybridized carbons (Fsp3) is 0.250. The molecule has 0 spiro atoms. The largest absolute Gasteiger partial charge is 0.495 e. The van der Waals surface area contributed by atoms with Crippen LogP contribution in [-0.2, 0) is 23.0 Å². The maximum Gasteiger partial charge on any atom is 0.270 e. The Balaban J connectivity index is 2.15. The van der Waals surface area contributed by atoms with E-state index in [0.717, 1.165) is 34.3 Å². The number of nitro benzene ring substituents is 1. The van der Waals surface area contributed by atoms with Gasteiger partial charge in [-0.3, -0.25) is 14.4 Å². The first-order valence-electron chi connectivity index (χ1n) is 9.31. The number of rotatable bonds is 9. The van der Waals surface area contributed by atoms with Gasteiger partial charge >= 0.3 is 0 Å². The number of aromatic nitrogens is 1. The number of aryl methyl sites for hydroxylation is 1. The molecule has 0 saturated heterocycles. The van der Waals surface area contributed by atoms with E-state index in [2.05, 4.69) is 4.98 Å². The summed E-state index contributed by atoms with van der Waals surface area (Å²) in [6, 6.07) is 9.96. The lowest BCUT2D eigenvalue weighted by Crippen LogP contribution is -2.31. The molecular formula is C20H20ClN3O5S2. The molecule has 0 unspecified atom stereocenters. The number of sulfonamides is 1. The highest BCUT2D eigenvalue weighted by Crippen LogP contribution is 2.36. The van der Waals surface area contributed by atoms with E-state index >= 15 is 0 Å². The van der Waals surface area contributed by atoms with Crippen molar-refractivity contribution in [3.05, 3.63) is 73.7 Å². The Morgan fingerprint density at radius 2 is 2.00 bits per heavy atom. The minimum Gasteiger partial charge on any atom is -0.495 e. The molecule has 8 nitrogen and oxygen atoms in total. The van der Waals surface area contributed by atoms with Crippen LogP contribution in [0.3, 0.4) is 0 Å². The van der Waals surface area contributed by atoms with Gasteiger partial charge in [-0.1, -0.05) is 30.7 Å². The number of hydrogen-bond acceptors (Lipinski definition) is 7. The molecule has 0 radical (unpaired) electrons. The number of anilines is 1. The topological polar surface area (TPSA) is 103 Å². The number of non-ortho nitro benzene ring substituents is 1. The van der Waals surface area contributed by atoms with E-state index in [1.165, 1.54) is 24.5 Å². The van der Waals surface area contributed by atoms with Gasteiger partial charge in [0.1, 0.15) is 10.6 Å². The summed E-state index contributed by atoms with van der Waals surface area (Å²) in [5.74, 6) is 0.330. The van der Waals surface area contributed by atoms with Gasteiger partial charge in [-0.25, -0.2) is 13.4 Å². The standard InChI is InChI=1S/C20H20ClN3O5S2/c1-3-6-20-22-14(13-30-20)12-23(17-7-4-5-8-18(17)29-2)31(27,28)19-11-15(24(25)26)9-10-16(19)21/h4-5,7-11,13H,3,6,12H2,1-2H3. The third kappa shape index (κ3) is 4.97. The maximum absolute atomic E-state index is 13.7. The summed E-state index contributed by atoms with van der Waals surface area (Å²) >= 11 is 7.62. The predicted molar refractivity (Wildman–Crippen MR) is 121 cm³/mol. The van der Waals surface area contributed by atoms with E-state index in [1.54, 1.807) is 29.6 Å². The zero-order valence-electron chi connectivity index (χ0n) is 16.8. The molecule has 0 N–H and O–H groups in total. The van der Waals surface area contributed by atoms with Crippen molar-refractivity contribution in [3.8, 4) is 5.75 Å². The Labute approximate surface area is 189 Å². The molecular weight excluding hydrogens is 462 g/mol. The van der Waals surface area contributed by atoms with Crippen molar-refractivity contribution in [3.63, 3.8) is 0 Å². The van der Waals surface area contributed by atoms with Crippen molar-refractivity contribution in [1.82, 2.24) is 4.98 Å². The number of methoxy groups -OCH3 is 1. The van der Waals surface area contributed by atoms with Crippen molar-refractivity contribution < 1.29 is 18.1 Å². The van der Waals surface area contributed by atoms with Crippen LogP contribution in [0.1, 0.15) is 24.0 Å². The van der Waals surface area contributed by atoms with E-state index in [9.17, 15) is 18.5 Å². The molecule has 31 heavy (non-hydrogen) atoms. The molecule has 164 valence electrons. The van der Waals surface area contributed by atoms with Crippen molar-refractivity contribution in [1.29, 1.82) is 0 Å². The van der Waals surface area contributed by atoms with Crippen LogP contribution in [0.5, 0.6) is 5.75 Å². The minimum atomic E-state index is -4.29. The molecule has 3 rings (SSSR count). The highest BCUT2D eigenvalue weighted by atomic mass is 35.5. The zero-order chi connectivity index (χ0) is 22.6. The van der Waals surface area contributed by atoms with Crippen LogP contribution in [0, 0.1) is 10.1 Å². The normalized spacial score (nSPS) is 11.3. The second-order valence-corrected chi connectivity index (χ2v) is 9.72. The smallest absolute Gasteiger partial charge is 0.270 e. The maximum atomic E-state index is 13.7. The number of ether oxygens (including phenoxy) is 1. The summed E-state index contributed by atoms with van der Waals surface area (Å²) in [5, 5.41) is 13.8. The Morgan fingerprint density at radius 3 is 2.68 bits per heavy atom. The van der Waals surface area contributed by atoms with Gasteiger partial charge in [0.2, 0.25) is 0 Å². The number of nitro groups is 1. The highest BCUT2D eigenvalue weighted by Gasteiger charge is 2.31. The highest BCUT2D eigenvalue weighted by molar-refractivity contribution is 7.93. The molecule has 11 heteroatoms. The van der Waals surface area contributed by atoms with Crippen LogP contribution in [-0.4, -0.2) is 25.4 Å². The average molecular weight is 482 g/mol. The van der Waals surface area contributed by atoms with E-state index in [4.69, 9.17) is 16.3 Å². The zero-order valence-corrected chi connectivity index (χ0v) is 19.2. The lowest BCUT2D eigenvalue weighted by molar-refractivity contribution is -0.385. The Kier molecular flexibility index (Phi) is 7.14. The van der Waals surface area contributed by atoms with Gasteiger partial charge in [0, 0.05) is 17.5 Å². The molecule has 0 fully saturated rings. The second kappa shape index (κ2) is 9.63. The number of hydrogen-bond donors (Lipinski definition) is 0. The van der Waals surface area contributed by atoms with Crippen molar-refractivity contribution in [2.75, 3.05) is 11.4 Å². The van der Waals surface area contributed by atoms with Crippen LogP contribution in [0.15, 0.2) is 52.7 Å². The first kappa shape index (κ1) is 23.0. The summed E-state index contributed by atoms with van der Waals surface area (Å²) in [6.45, 7) is 1.96. The Bertz CT molecular complexity index is 1200. The number of para-hydroxylation sites is 2. The summed E-state index contributed by atoms with van der Waals surface area (Å²) in [4.78, 5) is 14.7. The molecule has 0 amide bonds. The lowest BCUT2D eigenvalue weighted by Gasteiger charge is -2.25. The van der Waals surface area contributed by atoms with Crippen LogP contribution in [0.25, 0.3) is 0 Å². The van der Waals surface area contributed by atoms with Crippen molar-refractivity contribution in [2.24, 2.45) is 0 Å². The first-order chi connectivity index (χ1) is 14.8.